The smallest absolute Gasteiger partial charge is 0.164 e. The second-order valence-electron chi connectivity index (χ2n) is 17.6. The molecule has 6 nitrogen and oxygen atoms in total. The van der Waals surface area contributed by atoms with E-state index in [1.807, 2.05) is 48.5 Å². The average molecular weight is 883 g/mol. The van der Waals surface area contributed by atoms with Gasteiger partial charge in [0.15, 0.2) is 17.5 Å². The third-order valence-corrected chi connectivity index (χ3v) is 13.5. The molecule has 0 bridgehead atoms. The summed E-state index contributed by atoms with van der Waals surface area (Å²) in [5.41, 5.74) is 15.9. The molecule has 0 radical (unpaired) electrons. The summed E-state index contributed by atoms with van der Waals surface area (Å²) >= 11 is 0. The summed E-state index contributed by atoms with van der Waals surface area (Å²) < 4.78 is 15.6. The van der Waals surface area contributed by atoms with Gasteiger partial charge >= 0.3 is 0 Å². The second-order valence-corrected chi connectivity index (χ2v) is 17.6. The maximum Gasteiger partial charge on any atom is 0.164 e. The zero-order valence-electron chi connectivity index (χ0n) is 37.0. The number of benzene rings is 10. The Morgan fingerprint density at radius 2 is 0.754 bits per heavy atom. The first-order valence-electron chi connectivity index (χ1n) is 23.2. The van der Waals surface area contributed by atoms with Crippen LogP contribution in [0.15, 0.2) is 239 Å². The van der Waals surface area contributed by atoms with E-state index in [2.05, 4.69) is 187 Å². The van der Waals surface area contributed by atoms with E-state index in [0.717, 1.165) is 99.5 Å². The number of hydrogen-bond acceptors (Lipinski definition) is 5. The number of fused-ring (bicyclic) bond motifs is 9. The maximum absolute atomic E-state index is 6.67. The summed E-state index contributed by atoms with van der Waals surface area (Å²) in [6.07, 6.45) is 0. The van der Waals surface area contributed by atoms with Crippen LogP contribution in [0.3, 0.4) is 0 Å². The Morgan fingerprint density at radius 3 is 1.49 bits per heavy atom. The highest BCUT2D eigenvalue weighted by Crippen LogP contribution is 2.43. The summed E-state index contributed by atoms with van der Waals surface area (Å²) in [4.78, 5) is 15.4. The number of rotatable bonds is 7. The van der Waals surface area contributed by atoms with Gasteiger partial charge in [-0.25, -0.2) is 15.0 Å². The minimum absolute atomic E-state index is 0.552. The predicted molar refractivity (Wildman–Crippen MR) is 281 cm³/mol. The van der Waals surface area contributed by atoms with Crippen molar-refractivity contribution in [2.75, 3.05) is 0 Å². The minimum Gasteiger partial charge on any atom is -0.456 e. The van der Waals surface area contributed by atoms with E-state index in [-0.39, 0.29) is 0 Å². The van der Waals surface area contributed by atoms with Gasteiger partial charge in [-0.2, -0.15) is 0 Å². The molecule has 0 fully saturated rings. The fourth-order valence-corrected chi connectivity index (χ4v) is 10.1. The van der Waals surface area contributed by atoms with Crippen LogP contribution in [0.5, 0.6) is 0 Å². The van der Waals surface area contributed by atoms with Crippen LogP contribution in [0.25, 0.3) is 139 Å². The van der Waals surface area contributed by atoms with E-state index in [1.54, 1.807) is 0 Å². The normalized spacial score (nSPS) is 11.8. The summed E-state index contributed by atoms with van der Waals surface area (Å²) in [6, 6.07) is 80.5. The third-order valence-electron chi connectivity index (χ3n) is 13.5. The molecule has 0 unspecified atom stereocenters. The van der Waals surface area contributed by atoms with E-state index < -0.39 is 0 Å². The molecular weight excluding hydrogens is 845 g/mol. The Kier molecular flexibility index (Phi) is 8.79. The van der Waals surface area contributed by atoms with Crippen LogP contribution >= 0.6 is 0 Å². The van der Waals surface area contributed by atoms with Gasteiger partial charge in [0.1, 0.15) is 22.3 Å². The number of hydrogen-bond donors (Lipinski definition) is 0. The first kappa shape index (κ1) is 38.8. The molecule has 14 aromatic rings. The van der Waals surface area contributed by atoms with Crippen molar-refractivity contribution in [1.29, 1.82) is 0 Å². The van der Waals surface area contributed by atoms with Crippen molar-refractivity contribution in [3.63, 3.8) is 0 Å². The molecule has 322 valence electrons. The van der Waals surface area contributed by atoms with Crippen molar-refractivity contribution in [3.8, 4) is 73.2 Å². The summed E-state index contributed by atoms with van der Waals surface area (Å²) in [5.74, 6) is 1.73. The number of aromatic nitrogens is 4. The summed E-state index contributed by atoms with van der Waals surface area (Å²) in [5, 5.41) is 6.54. The quantitative estimate of drug-likeness (QED) is 0.159. The van der Waals surface area contributed by atoms with Crippen molar-refractivity contribution in [2.24, 2.45) is 0 Å². The lowest BCUT2D eigenvalue weighted by Crippen LogP contribution is -2.00. The highest BCUT2D eigenvalue weighted by atomic mass is 16.3. The van der Waals surface area contributed by atoms with Gasteiger partial charge in [-0.3, -0.25) is 0 Å². The van der Waals surface area contributed by atoms with Gasteiger partial charge in [-0.15, -0.1) is 0 Å². The average Bonchev–Trinajstić information content (AvgIpc) is 4.10. The topological polar surface area (TPSA) is 69.9 Å². The van der Waals surface area contributed by atoms with Crippen LogP contribution < -0.4 is 0 Å². The van der Waals surface area contributed by atoms with Gasteiger partial charge < -0.3 is 13.4 Å². The molecule has 4 aromatic heterocycles. The van der Waals surface area contributed by atoms with Gasteiger partial charge in [0.05, 0.1) is 11.0 Å². The lowest BCUT2D eigenvalue weighted by atomic mass is 9.95. The first-order valence-corrected chi connectivity index (χ1v) is 23.2. The van der Waals surface area contributed by atoms with Crippen molar-refractivity contribution < 1.29 is 8.83 Å². The molecule has 0 spiro atoms. The Bertz CT molecular complexity index is 4290. The molecule has 10 aromatic carbocycles. The molecule has 0 saturated heterocycles. The van der Waals surface area contributed by atoms with Gasteiger partial charge in [0.25, 0.3) is 0 Å². The van der Waals surface area contributed by atoms with Crippen LogP contribution in [-0.4, -0.2) is 19.5 Å². The van der Waals surface area contributed by atoms with Crippen LogP contribution in [0.2, 0.25) is 0 Å². The van der Waals surface area contributed by atoms with Crippen molar-refractivity contribution in [3.05, 3.63) is 231 Å². The largest absolute Gasteiger partial charge is 0.456 e. The first-order chi connectivity index (χ1) is 34.2. The second kappa shape index (κ2) is 15.6. The molecule has 0 N–H and O–H groups in total. The lowest BCUT2D eigenvalue weighted by molar-refractivity contribution is 0.669. The minimum atomic E-state index is 0.552. The zero-order valence-corrected chi connectivity index (χ0v) is 37.0. The number of furan rings is 2. The highest BCUT2D eigenvalue weighted by Gasteiger charge is 2.21. The lowest BCUT2D eigenvalue weighted by Gasteiger charge is -2.11. The maximum atomic E-state index is 6.67. The van der Waals surface area contributed by atoms with E-state index >= 15 is 0 Å². The van der Waals surface area contributed by atoms with E-state index in [9.17, 15) is 0 Å². The van der Waals surface area contributed by atoms with Crippen LogP contribution in [0.1, 0.15) is 0 Å². The van der Waals surface area contributed by atoms with Crippen molar-refractivity contribution in [1.82, 2.24) is 19.5 Å². The monoisotopic (exact) mass is 882 g/mol. The molecule has 14 rings (SSSR count). The molecule has 0 aliphatic heterocycles. The fraction of sp³-hybridized carbons (Fsp3) is 0. The van der Waals surface area contributed by atoms with E-state index in [0.29, 0.717) is 17.5 Å². The van der Waals surface area contributed by atoms with E-state index in [1.165, 1.54) is 21.9 Å². The molecular formula is C63H38N4O2. The Hall–Kier alpha value is -9.39. The summed E-state index contributed by atoms with van der Waals surface area (Å²) in [6.45, 7) is 0. The molecule has 0 amide bonds. The zero-order chi connectivity index (χ0) is 45.4. The molecule has 6 heteroatoms. The molecule has 4 heterocycles. The Labute approximate surface area is 396 Å². The number of para-hydroxylation sites is 2. The molecule has 69 heavy (non-hydrogen) atoms. The van der Waals surface area contributed by atoms with Gasteiger partial charge in [-0.05, 0) is 100 Å². The molecule has 0 aliphatic rings. The van der Waals surface area contributed by atoms with E-state index in [4.69, 9.17) is 23.8 Å². The van der Waals surface area contributed by atoms with Crippen molar-refractivity contribution >= 4 is 65.7 Å². The van der Waals surface area contributed by atoms with Gasteiger partial charge in [-0.1, -0.05) is 164 Å². The third kappa shape index (κ3) is 6.53. The Balaban J connectivity index is 0.937. The predicted octanol–water partition coefficient (Wildman–Crippen LogP) is 16.8. The molecule has 0 saturated carbocycles. The van der Waals surface area contributed by atoms with Crippen LogP contribution in [0, 0.1) is 0 Å². The fourth-order valence-electron chi connectivity index (χ4n) is 10.1. The Morgan fingerprint density at radius 1 is 0.275 bits per heavy atom. The molecule has 0 atom stereocenters. The SMILES string of the molecule is c1ccc(-c2ccc(-c3nc(-c4ccccc4)nc(-c4cc(-c5ccc6oc7ccc(-n8c9ccccc9c9cc(-c%10ccccc%10)ccc98)cc7c6c5)c5c(c4)oc4ccccc45)n3)cc2)cc1. The molecule has 0 aliphatic carbocycles. The van der Waals surface area contributed by atoms with Crippen LogP contribution in [0.4, 0.5) is 0 Å². The van der Waals surface area contributed by atoms with Gasteiger partial charge in [0, 0.05) is 54.7 Å². The van der Waals surface area contributed by atoms with Crippen molar-refractivity contribution in [2.45, 2.75) is 0 Å². The standard InChI is InChI=1S/C63H38N4O2/c1-4-14-39(15-5-1)41-24-26-43(27-25-41)62-64-61(42-18-8-3-9-19-42)65-63(66-62)46-36-50(60-49-21-11-13-23-56(49)69-59(60)37-46)45-29-32-57-52(35-45)53-38-47(30-33-58(53)68-57)67-54-22-12-10-20-48(54)51-34-44(28-31-55(51)67)40-16-6-2-7-17-40/h1-38H. The number of nitrogens with zero attached hydrogens (tertiary/aromatic N) is 4. The summed E-state index contributed by atoms with van der Waals surface area (Å²) in [7, 11) is 0. The van der Waals surface area contributed by atoms with Crippen LogP contribution in [-0.2, 0) is 0 Å². The highest BCUT2D eigenvalue weighted by molar-refractivity contribution is 6.16. The van der Waals surface area contributed by atoms with Gasteiger partial charge in [0.2, 0.25) is 0 Å².